The molecule has 1 aromatic rings. The van der Waals surface area contributed by atoms with Crippen molar-refractivity contribution in [3.05, 3.63) is 34.3 Å². The van der Waals surface area contributed by atoms with Gasteiger partial charge in [0.2, 0.25) is 0 Å². The van der Waals surface area contributed by atoms with E-state index in [0.717, 1.165) is 29.7 Å². The molecule has 0 aliphatic carbocycles. The monoisotopic (exact) mass is 280 g/mol. The summed E-state index contributed by atoms with van der Waals surface area (Å²) in [6.45, 7) is 5.42. The smallest absolute Gasteiger partial charge is 0.0438 e. The van der Waals surface area contributed by atoms with Crippen LogP contribution in [0, 0.1) is 6.92 Å². The molecule has 2 rings (SSSR count). The molecule has 0 radical (unpaired) electrons. The molecular formula is C16H25ClN2. The van der Waals surface area contributed by atoms with Crippen molar-refractivity contribution in [1.82, 2.24) is 10.2 Å². The van der Waals surface area contributed by atoms with Gasteiger partial charge in [-0.1, -0.05) is 30.2 Å². The standard InChI is InChI=1S/C16H25ClN2/c1-13-6-7-14(11-16(13)17)12-19-10-4-3-5-15(19)8-9-18-2/h6-7,11,15,18H,3-5,8-10,12H2,1-2H3. The second-order valence-electron chi connectivity index (χ2n) is 5.60. The van der Waals surface area contributed by atoms with Crippen LogP contribution in [0.4, 0.5) is 0 Å². The van der Waals surface area contributed by atoms with Crippen molar-refractivity contribution in [3.63, 3.8) is 0 Å². The Morgan fingerprint density at radius 2 is 2.21 bits per heavy atom. The van der Waals surface area contributed by atoms with E-state index < -0.39 is 0 Å². The van der Waals surface area contributed by atoms with Crippen LogP contribution in [0.5, 0.6) is 0 Å². The van der Waals surface area contributed by atoms with E-state index in [1.54, 1.807) is 0 Å². The number of likely N-dealkylation sites (tertiary alicyclic amines) is 1. The Morgan fingerprint density at radius 3 is 2.95 bits per heavy atom. The SMILES string of the molecule is CNCCC1CCCCN1Cc1ccc(C)c(Cl)c1. The van der Waals surface area contributed by atoms with Gasteiger partial charge < -0.3 is 5.32 Å². The van der Waals surface area contributed by atoms with Crippen molar-refractivity contribution in [2.75, 3.05) is 20.1 Å². The lowest BCUT2D eigenvalue weighted by Gasteiger charge is -2.36. The van der Waals surface area contributed by atoms with Crippen molar-refractivity contribution in [2.45, 2.75) is 45.2 Å². The second kappa shape index (κ2) is 7.28. The van der Waals surface area contributed by atoms with Gasteiger partial charge in [-0.25, -0.2) is 0 Å². The molecule has 1 unspecified atom stereocenters. The molecule has 0 bridgehead atoms. The highest BCUT2D eigenvalue weighted by molar-refractivity contribution is 6.31. The van der Waals surface area contributed by atoms with Crippen molar-refractivity contribution in [3.8, 4) is 0 Å². The third-order valence-electron chi connectivity index (χ3n) is 4.10. The molecule has 0 spiro atoms. The summed E-state index contributed by atoms with van der Waals surface area (Å²) >= 11 is 6.22. The lowest BCUT2D eigenvalue weighted by Crippen LogP contribution is -2.40. The maximum Gasteiger partial charge on any atom is 0.0438 e. The molecule has 1 aromatic carbocycles. The van der Waals surface area contributed by atoms with Crippen LogP contribution in [0.1, 0.15) is 36.8 Å². The Morgan fingerprint density at radius 1 is 1.37 bits per heavy atom. The molecule has 1 heterocycles. The number of rotatable bonds is 5. The van der Waals surface area contributed by atoms with E-state index in [4.69, 9.17) is 11.6 Å². The highest BCUT2D eigenvalue weighted by atomic mass is 35.5. The molecule has 1 aliphatic heterocycles. The predicted octanol–water partition coefficient (Wildman–Crippen LogP) is 3.61. The normalized spacial score (nSPS) is 20.7. The number of hydrogen-bond acceptors (Lipinski definition) is 2. The molecule has 1 fully saturated rings. The van der Waals surface area contributed by atoms with Crippen LogP contribution in [0.25, 0.3) is 0 Å². The van der Waals surface area contributed by atoms with Crippen LogP contribution in [0.2, 0.25) is 5.02 Å². The Balaban J connectivity index is 1.99. The fourth-order valence-corrected chi connectivity index (χ4v) is 3.08. The molecule has 1 atom stereocenters. The van der Waals surface area contributed by atoms with Crippen molar-refractivity contribution >= 4 is 11.6 Å². The predicted molar refractivity (Wildman–Crippen MR) is 82.8 cm³/mol. The summed E-state index contributed by atoms with van der Waals surface area (Å²) in [5, 5.41) is 4.16. The first kappa shape index (κ1) is 14.8. The maximum atomic E-state index is 6.22. The quantitative estimate of drug-likeness (QED) is 0.886. The molecule has 1 saturated heterocycles. The molecule has 2 nitrogen and oxygen atoms in total. The van der Waals surface area contributed by atoms with Gasteiger partial charge in [0, 0.05) is 17.6 Å². The van der Waals surface area contributed by atoms with Crippen LogP contribution in [-0.4, -0.2) is 31.1 Å². The molecule has 0 aromatic heterocycles. The zero-order valence-corrected chi connectivity index (χ0v) is 12.8. The highest BCUT2D eigenvalue weighted by Crippen LogP contribution is 2.23. The Hall–Kier alpha value is -0.570. The summed E-state index contributed by atoms with van der Waals surface area (Å²) in [4.78, 5) is 2.63. The second-order valence-corrected chi connectivity index (χ2v) is 6.00. The molecule has 0 saturated carbocycles. The molecule has 0 amide bonds. The van der Waals surface area contributed by atoms with Gasteiger partial charge in [-0.05, 0) is 63.5 Å². The summed E-state index contributed by atoms with van der Waals surface area (Å²) in [5.74, 6) is 0. The number of nitrogens with zero attached hydrogens (tertiary/aromatic N) is 1. The van der Waals surface area contributed by atoms with Crippen LogP contribution < -0.4 is 5.32 Å². The zero-order chi connectivity index (χ0) is 13.7. The Labute approximate surface area is 122 Å². The summed E-state index contributed by atoms with van der Waals surface area (Å²) in [7, 11) is 2.03. The molecule has 1 N–H and O–H groups in total. The van der Waals surface area contributed by atoms with Gasteiger partial charge >= 0.3 is 0 Å². The lowest BCUT2D eigenvalue weighted by molar-refractivity contribution is 0.132. The molecule has 19 heavy (non-hydrogen) atoms. The third kappa shape index (κ3) is 4.20. The average Bonchev–Trinajstić information content (AvgIpc) is 2.42. The van der Waals surface area contributed by atoms with Crippen LogP contribution in [0.15, 0.2) is 18.2 Å². The third-order valence-corrected chi connectivity index (χ3v) is 4.51. The van der Waals surface area contributed by atoms with Gasteiger partial charge in [0.25, 0.3) is 0 Å². The first-order valence-corrected chi connectivity index (χ1v) is 7.72. The average molecular weight is 281 g/mol. The first-order chi connectivity index (χ1) is 9.20. The maximum absolute atomic E-state index is 6.22. The summed E-state index contributed by atoms with van der Waals surface area (Å²) in [5.41, 5.74) is 2.50. The minimum Gasteiger partial charge on any atom is -0.320 e. The van der Waals surface area contributed by atoms with Crippen LogP contribution in [0.3, 0.4) is 0 Å². The highest BCUT2D eigenvalue weighted by Gasteiger charge is 2.21. The van der Waals surface area contributed by atoms with Gasteiger partial charge in [0.05, 0.1) is 0 Å². The van der Waals surface area contributed by atoms with Gasteiger partial charge in [0.1, 0.15) is 0 Å². The fraction of sp³-hybridized carbons (Fsp3) is 0.625. The number of benzene rings is 1. The van der Waals surface area contributed by atoms with Crippen molar-refractivity contribution < 1.29 is 0 Å². The largest absolute Gasteiger partial charge is 0.320 e. The summed E-state index contributed by atoms with van der Waals surface area (Å²) < 4.78 is 0. The fourth-order valence-electron chi connectivity index (χ4n) is 2.88. The first-order valence-electron chi connectivity index (χ1n) is 7.34. The number of hydrogen-bond donors (Lipinski definition) is 1. The minimum absolute atomic E-state index is 0.723. The number of piperidine rings is 1. The van der Waals surface area contributed by atoms with Crippen LogP contribution >= 0.6 is 11.6 Å². The van der Waals surface area contributed by atoms with Gasteiger partial charge in [0.15, 0.2) is 0 Å². The van der Waals surface area contributed by atoms with Crippen molar-refractivity contribution in [2.24, 2.45) is 0 Å². The van der Waals surface area contributed by atoms with Crippen molar-refractivity contribution in [1.29, 1.82) is 0 Å². The van der Waals surface area contributed by atoms with Gasteiger partial charge in [-0.15, -0.1) is 0 Å². The minimum atomic E-state index is 0.723. The number of halogens is 1. The van der Waals surface area contributed by atoms with E-state index in [9.17, 15) is 0 Å². The number of nitrogens with one attached hydrogen (secondary N) is 1. The van der Waals surface area contributed by atoms with E-state index in [-0.39, 0.29) is 0 Å². The van der Waals surface area contributed by atoms with Gasteiger partial charge in [-0.3, -0.25) is 4.90 Å². The molecule has 3 heteroatoms. The summed E-state index contributed by atoms with van der Waals surface area (Å²) in [6, 6.07) is 7.19. The molecular weight excluding hydrogens is 256 g/mol. The molecule has 1 aliphatic rings. The zero-order valence-electron chi connectivity index (χ0n) is 12.1. The topological polar surface area (TPSA) is 15.3 Å². The van der Waals surface area contributed by atoms with E-state index in [1.807, 2.05) is 7.05 Å². The number of aryl methyl sites for hydroxylation is 1. The van der Waals surface area contributed by atoms with E-state index in [2.05, 4.69) is 35.3 Å². The van der Waals surface area contributed by atoms with E-state index in [0.29, 0.717) is 0 Å². The van der Waals surface area contributed by atoms with Crippen LogP contribution in [-0.2, 0) is 6.54 Å². The van der Waals surface area contributed by atoms with E-state index >= 15 is 0 Å². The molecule has 106 valence electrons. The Kier molecular flexibility index (Phi) is 5.68. The summed E-state index contributed by atoms with van der Waals surface area (Å²) in [6.07, 6.45) is 5.28. The lowest BCUT2D eigenvalue weighted by atomic mass is 9.98. The van der Waals surface area contributed by atoms with Gasteiger partial charge in [-0.2, -0.15) is 0 Å². The Bertz CT molecular complexity index is 406. The van der Waals surface area contributed by atoms with E-state index in [1.165, 1.54) is 37.8 Å².